The number of carbonyl (C=O) groups excluding carboxylic acids is 2. The van der Waals surface area contributed by atoms with Crippen LogP contribution >= 0.6 is 11.6 Å². The molecule has 0 N–H and O–H groups in total. The van der Waals surface area contributed by atoms with Crippen molar-refractivity contribution in [3.05, 3.63) is 51.7 Å². The molecular weight excluding hydrogens is 318 g/mol. The Morgan fingerprint density at radius 1 is 1.35 bits per heavy atom. The molecule has 0 aromatic heterocycles. The van der Waals surface area contributed by atoms with Gasteiger partial charge in [0.15, 0.2) is 0 Å². The van der Waals surface area contributed by atoms with Crippen LogP contribution in [0.5, 0.6) is 0 Å². The highest BCUT2D eigenvalue weighted by atomic mass is 35.5. The molecule has 1 amide bonds. The third-order valence-corrected chi connectivity index (χ3v) is 3.81. The van der Waals surface area contributed by atoms with E-state index in [1.165, 1.54) is 12.0 Å². The highest BCUT2D eigenvalue weighted by Crippen LogP contribution is 2.31. The number of hydrogen-bond acceptors (Lipinski definition) is 4. The van der Waals surface area contributed by atoms with E-state index in [9.17, 15) is 9.59 Å². The molecule has 23 heavy (non-hydrogen) atoms. The van der Waals surface area contributed by atoms with E-state index in [1.54, 1.807) is 38.3 Å². The highest BCUT2D eigenvalue weighted by molar-refractivity contribution is 6.30. The lowest BCUT2D eigenvalue weighted by Crippen LogP contribution is -2.28. The zero-order valence-corrected chi connectivity index (χ0v) is 14.0. The SMILES string of the molecule is COCCN1C(=O)C(=Cc2cccc(Cl)c2)C(C(=O)OC)=C1C. The van der Waals surface area contributed by atoms with Crippen LogP contribution in [0.2, 0.25) is 5.02 Å². The van der Waals surface area contributed by atoms with Crippen LogP contribution in [0.15, 0.2) is 41.1 Å². The van der Waals surface area contributed by atoms with Crippen LogP contribution in [0.3, 0.4) is 0 Å². The van der Waals surface area contributed by atoms with Crippen molar-refractivity contribution in [1.82, 2.24) is 4.90 Å². The van der Waals surface area contributed by atoms with Crippen molar-refractivity contribution in [3.63, 3.8) is 0 Å². The first-order valence-corrected chi connectivity index (χ1v) is 7.45. The van der Waals surface area contributed by atoms with Gasteiger partial charge in [-0.3, -0.25) is 4.79 Å². The predicted molar refractivity (Wildman–Crippen MR) is 87.7 cm³/mol. The molecule has 122 valence electrons. The lowest BCUT2D eigenvalue weighted by Gasteiger charge is -2.16. The van der Waals surface area contributed by atoms with Crippen LogP contribution in [0.1, 0.15) is 12.5 Å². The summed E-state index contributed by atoms with van der Waals surface area (Å²) < 4.78 is 9.85. The van der Waals surface area contributed by atoms with Crippen molar-refractivity contribution in [2.45, 2.75) is 6.92 Å². The number of ether oxygens (including phenoxy) is 2. The maximum atomic E-state index is 12.7. The number of benzene rings is 1. The van der Waals surface area contributed by atoms with Crippen LogP contribution in [0.25, 0.3) is 6.08 Å². The third-order valence-electron chi connectivity index (χ3n) is 3.58. The Bertz CT molecular complexity index is 694. The molecule has 0 atom stereocenters. The topological polar surface area (TPSA) is 55.8 Å². The second-order valence-electron chi connectivity index (χ2n) is 5.01. The predicted octanol–water partition coefficient (Wildman–Crippen LogP) is 2.66. The largest absolute Gasteiger partial charge is 0.465 e. The fraction of sp³-hybridized carbons (Fsp3) is 0.294. The van der Waals surface area contributed by atoms with Crippen molar-refractivity contribution in [3.8, 4) is 0 Å². The molecule has 0 aliphatic carbocycles. The molecule has 0 bridgehead atoms. The lowest BCUT2D eigenvalue weighted by molar-refractivity contribution is -0.136. The summed E-state index contributed by atoms with van der Waals surface area (Å²) in [7, 11) is 2.85. The number of esters is 1. The van der Waals surface area contributed by atoms with E-state index in [1.807, 2.05) is 6.07 Å². The Labute approximate surface area is 140 Å². The summed E-state index contributed by atoms with van der Waals surface area (Å²) in [6, 6.07) is 7.07. The van der Waals surface area contributed by atoms with Crippen molar-refractivity contribution >= 4 is 29.6 Å². The number of methoxy groups -OCH3 is 2. The second-order valence-corrected chi connectivity index (χ2v) is 5.45. The molecule has 1 aliphatic heterocycles. The Morgan fingerprint density at radius 3 is 2.70 bits per heavy atom. The van der Waals surface area contributed by atoms with E-state index in [0.717, 1.165) is 5.56 Å². The maximum absolute atomic E-state index is 12.7. The minimum atomic E-state index is -0.538. The van der Waals surface area contributed by atoms with E-state index in [-0.39, 0.29) is 11.5 Å². The average Bonchev–Trinajstić information content (AvgIpc) is 2.76. The fourth-order valence-corrected chi connectivity index (χ4v) is 2.64. The summed E-state index contributed by atoms with van der Waals surface area (Å²) in [5.41, 5.74) is 1.87. The molecule has 0 saturated carbocycles. The number of amides is 1. The van der Waals surface area contributed by atoms with Gasteiger partial charge in [0.05, 0.1) is 24.9 Å². The molecule has 6 heteroatoms. The van der Waals surface area contributed by atoms with Gasteiger partial charge in [-0.05, 0) is 30.7 Å². The number of hydrogen-bond donors (Lipinski definition) is 0. The maximum Gasteiger partial charge on any atom is 0.340 e. The van der Waals surface area contributed by atoms with Crippen LogP contribution in [-0.2, 0) is 19.1 Å². The summed E-state index contributed by atoms with van der Waals surface area (Å²) in [5.74, 6) is -0.788. The van der Waals surface area contributed by atoms with Gasteiger partial charge in [-0.2, -0.15) is 0 Å². The van der Waals surface area contributed by atoms with Gasteiger partial charge in [-0.25, -0.2) is 4.79 Å². The van der Waals surface area contributed by atoms with Gasteiger partial charge < -0.3 is 14.4 Å². The van der Waals surface area contributed by atoms with E-state index in [0.29, 0.717) is 29.4 Å². The Morgan fingerprint density at radius 2 is 2.09 bits per heavy atom. The molecule has 0 spiro atoms. The van der Waals surface area contributed by atoms with Crippen LogP contribution in [-0.4, -0.2) is 44.1 Å². The molecule has 2 rings (SSSR count). The number of carbonyl (C=O) groups is 2. The van der Waals surface area contributed by atoms with Crippen molar-refractivity contribution in [2.75, 3.05) is 27.4 Å². The monoisotopic (exact) mass is 335 g/mol. The third kappa shape index (κ3) is 3.63. The minimum Gasteiger partial charge on any atom is -0.465 e. The van der Waals surface area contributed by atoms with E-state index in [4.69, 9.17) is 21.1 Å². The van der Waals surface area contributed by atoms with E-state index >= 15 is 0 Å². The molecule has 1 aromatic rings. The van der Waals surface area contributed by atoms with E-state index < -0.39 is 5.97 Å². The first-order valence-electron chi connectivity index (χ1n) is 7.07. The fourth-order valence-electron chi connectivity index (χ4n) is 2.44. The zero-order valence-electron chi connectivity index (χ0n) is 13.3. The summed E-state index contributed by atoms with van der Waals surface area (Å²) in [6.07, 6.45) is 1.65. The molecule has 1 heterocycles. The van der Waals surface area contributed by atoms with Gasteiger partial charge in [0.2, 0.25) is 0 Å². The normalized spacial score (nSPS) is 16.4. The van der Waals surface area contributed by atoms with Crippen molar-refractivity contribution in [1.29, 1.82) is 0 Å². The van der Waals surface area contributed by atoms with Gasteiger partial charge in [-0.1, -0.05) is 23.7 Å². The lowest BCUT2D eigenvalue weighted by atomic mass is 10.0. The molecule has 0 saturated heterocycles. The number of halogens is 1. The van der Waals surface area contributed by atoms with Crippen molar-refractivity contribution < 1.29 is 19.1 Å². The molecule has 0 radical (unpaired) electrons. The minimum absolute atomic E-state index is 0.250. The van der Waals surface area contributed by atoms with Gasteiger partial charge in [0.1, 0.15) is 0 Å². The number of nitrogens with zero attached hydrogens (tertiary/aromatic N) is 1. The van der Waals surface area contributed by atoms with Crippen molar-refractivity contribution in [2.24, 2.45) is 0 Å². The van der Waals surface area contributed by atoms with Crippen LogP contribution in [0, 0.1) is 0 Å². The molecule has 0 unspecified atom stereocenters. The van der Waals surface area contributed by atoms with Gasteiger partial charge in [0.25, 0.3) is 5.91 Å². The Kier molecular flexibility index (Phi) is 5.58. The highest BCUT2D eigenvalue weighted by Gasteiger charge is 2.36. The molecular formula is C17H18ClNO4. The van der Waals surface area contributed by atoms with Gasteiger partial charge >= 0.3 is 5.97 Å². The summed E-state index contributed by atoms with van der Waals surface area (Å²) in [5, 5.41) is 0.557. The van der Waals surface area contributed by atoms with E-state index in [2.05, 4.69) is 0 Å². The van der Waals surface area contributed by atoms with Gasteiger partial charge in [-0.15, -0.1) is 0 Å². The molecule has 0 fully saturated rings. The quantitative estimate of drug-likeness (QED) is 0.613. The van der Waals surface area contributed by atoms with Crippen LogP contribution in [0.4, 0.5) is 0 Å². The number of allylic oxidation sites excluding steroid dienone is 1. The molecule has 5 nitrogen and oxygen atoms in total. The first kappa shape index (κ1) is 17.2. The zero-order chi connectivity index (χ0) is 17.0. The number of rotatable bonds is 5. The Balaban J connectivity index is 2.47. The molecule has 1 aliphatic rings. The average molecular weight is 336 g/mol. The first-order chi connectivity index (χ1) is 11.0. The molecule has 1 aromatic carbocycles. The smallest absolute Gasteiger partial charge is 0.340 e. The summed E-state index contributed by atoms with van der Waals surface area (Å²) >= 11 is 5.97. The summed E-state index contributed by atoms with van der Waals surface area (Å²) in [6.45, 7) is 2.47. The van der Waals surface area contributed by atoms with Gasteiger partial charge in [0, 0.05) is 24.4 Å². The van der Waals surface area contributed by atoms with Crippen LogP contribution < -0.4 is 0 Å². The Hall–Kier alpha value is -2.11. The summed E-state index contributed by atoms with van der Waals surface area (Å²) in [4.78, 5) is 26.3. The standard InChI is InChI=1S/C17H18ClNO4/c1-11-15(17(21)23-3)14(16(20)19(11)7-8-22-2)10-12-5-4-6-13(18)9-12/h4-6,9-10H,7-8H2,1-3H3. The second kappa shape index (κ2) is 7.44.